The molecule has 0 radical (unpaired) electrons. The van der Waals surface area contributed by atoms with Crippen molar-refractivity contribution in [1.82, 2.24) is 9.58 Å². The summed E-state index contributed by atoms with van der Waals surface area (Å²) in [7, 11) is 4.26. The third-order valence-electron chi connectivity index (χ3n) is 5.34. The largest absolute Gasteiger partial charge is 0.339 e. The van der Waals surface area contributed by atoms with Crippen molar-refractivity contribution in [3.8, 4) is 0 Å². The molecular formula is C20H23N3OS. The lowest BCUT2D eigenvalue weighted by Gasteiger charge is -2.28. The Morgan fingerprint density at radius 1 is 1.36 bits per heavy atom. The summed E-state index contributed by atoms with van der Waals surface area (Å²) in [4.78, 5) is 16.1. The zero-order valence-electron chi connectivity index (χ0n) is 14.7. The van der Waals surface area contributed by atoms with Gasteiger partial charge in [0.25, 0.3) is 0 Å². The molecule has 4 nitrogen and oxygen atoms in total. The Morgan fingerprint density at radius 3 is 2.92 bits per heavy atom. The van der Waals surface area contributed by atoms with E-state index in [1.54, 1.807) is 11.3 Å². The fourth-order valence-electron chi connectivity index (χ4n) is 3.86. The van der Waals surface area contributed by atoms with Gasteiger partial charge in [0.15, 0.2) is 5.78 Å². The van der Waals surface area contributed by atoms with Gasteiger partial charge in [-0.1, -0.05) is 6.07 Å². The zero-order chi connectivity index (χ0) is 17.6. The van der Waals surface area contributed by atoms with Gasteiger partial charge in [0.05, 0.1) is 5.52 Å². The summed E-state index contributed by atoms with van der Waals surface area (Å²) in [6.07, 6.45) is 3.57. The number of carbonyl (C=O) groups is 1. The number of hydrogen-bond donors (Lipinski definition) is 1. The zero-order valence-corrected chi connectivity index (χ0v) is 15.5. The standard InChI is InChI=1S/C20H23N3OS/c1-22(2)14-6-8-19-17(11-14)16-10-13(5-7-18(16)23(19)21)20(24)12-15-4-3-9-25-15/h3-5,7,9-10,14H,6,8,11-12,21H2,1-2H3. The van der Waals surface area contributed by atoms with Crippen LogP contribution in [0.25, 0.3) is 10.9 Å². The molecule has 3 aromatic rings. The van der Waals surface area contributed by atoms with E-state index in [4.69, 9.17) is 5.84 Å². The Labute approximate surface area is 151 Å². The lowest BCUT2D eigenvalue weighted by atomic mass is 9.90. The normalized spacial score (nSPS) is 17.2. The lowest BCUT2D eigenvalue weighted by Crippen LogP contribution is -2.34. The second-order valence-electron chi connectivity index (χ2n) is 7.07. The van der Waals surface area contributed by atoms with E-state index < -0.39 is 0 Å². The van der Waals surface area contributed by atoms with Gasteiger partial charge in [-0.3, -0.25) is 9.47 Å². The van der Waals surface area contributed by atoms with Crippen LogP contribution in [-0.4, -0.2) is 35.5 Å². The number of thiophene rings is 1. The Hall–Kier alpha value is -2.11. The predicted molar refractivity (Wildman–Crippen MR) is 104 cm³/mol. The summed E-state index contributed by atoms with van der Waals surface area (Å²) in [6, 6.07) is 10.5. The Kier molecular flexibility index (Phi) is 4.13. The number of likely N-dealkylation sites (N-methyl/N-ethyl adjacent to an activating group) is 1. The van der Waals surface area contributed by atoms with Gasteiger partial charge in [0.1, 0.15) is 0 Å². The first kappa shape index (κ1) is 16.4. The Morgan fingerprint density at radius 2 is 2.20 bits per heavy atom. The van der Waals surface area contributed by atoms with Crippen molar-refractivity contribution in [1.29, 1.82) is 0 Å². The Balaban J connectivity index is 1.73. The monoisotopic (exact) mass is 353 g/mol. The van der Waals surface area contributed by atoms with Crippen molar-refractivity contribution in [3.63, 3.8) is 0 Å². The third kappa shape index (κ3) is 2.87. The summed E-state index contributed by atoms with van der Waals surface area (Å²) in [5, 5.41) is 3.15. The number of rotatable bonds is 4. The van der Waals surface area contributed by atoms with Crippen LogP contribution in [0.5, 0.6) is 0 Å². The predicted octanol–water partition coefficient (Wildman–Crippen LogP) is 3.26. The second-order valence-corrected chi connectivity index (χ2v) is 8.10. The molecule has 2 heterocycles. The molecule has 0 aliphatic heterocycles. The molecule has 25 heavy (non-hydrogen) atoms. The molecule has 2 aromatic heterocycles. The first-order valence-corrected chi connectivity index (χ1v) is 9.56. The molecule has 130 valence electrons. The van der Waals surface area contributed by atoms with Gasteiger partial charge < -0.3 is 10.7 Å². The lowest BCUT2D eigenvalue weighted by molar-refractivity contribution is 0.0994. The van der Waals surface area contributed by atoms with Crippen molar-refractivity contribution >= 4 is 28.0 Å². The SMILES string of the molecule is CN(C)C1CCc2c(c3cc(C(=O)Cc4cccs4)ccc3n2N)C1. The fourth-order valence-corrected chi connectivity index (χ4v) is 4.57. The summed E-state index contributed by atoms with van der Waals surface area (Å²) >= 11 is 1.63. The Bertz CT molecular complexity index is 924. The van der Waals surface area contributed by atoms with E-state index in [1.165, 1.54) is 11.3 Å². The number of nitrogens with two attached hydrogens (primary N) is 1. The van der Waals surface area contributed by atoms with Gasteiger partial charge in [0, 0.05) is 34.0 Å². The average Bonchev–Trinajstić information content (AvgIpc) is 3.21. The summed E-state index contributed by atoms with van der Waals surface area (Å²) in [5.41, 5.74) is 4.34. The summed E-state index contributed by atoms with van der Waals surface area (Å²) < 4.78 is 1.82. The maximum atomic E-state index is 12.7. The van der Waals surface area contributed by atoms with Crippen LogP contribution in [0.2, 0.25) is 0 Å². The maximum absolute atomic E-state index is 12.7. The minimum atomic E-state index is 0.169. The molecule has 5 heteroatoms. The first-order chi connectivity index (χ1) is 12.0. The molecule has 0 spiro atoms. The van der Waals surface area contributed by atoms with E-state index in [2.05, 4.69) is 19.0 Å². The molecule has 0 saturated carbocycles. The highest BCUT2D eigenvalue weighted by molar-refractivity contribution is 7.10. The smallest absolute Gasteiger partial charge is 0.168 e. The number of hydrogen-bond acceptors (Lipinski definition) is 4. The molecule has 1 aliphatic rings. The highest BCUT2D eigenvalue weighted by atomic mass is 32.1. The molecule has 4 rings (SSSR count). The van der Waals surface area contributed by atoms with Gasteiger partial charge in [0.2, 0.25) is 0 Å². The van der Waals surface area contributed by atoms with Crippen molar-refractivity contribution < 1.29 is 4.79 Å². The van der Waals surface area contributed by atoms with E-state index in [-0.39, 0.29) is 5.78 Å². The number of fused-ring (bicyclic) bond motifs is 3. The van der Waals surface area contributed by atoms with Crippen LogP contribution in [-0.2, 0) is 19.3 Å². The van der Waals surface area contributed by atoms with Gasteiger partial charge >= 0.3 is 0 Å². The van der Waals surface area contributed by atoms with Gasteiger partial charge in [-0.25, -0.2) is 0 Å². The fraction of sp³-hybridized carbons (Fsp3) is 0.350. The average molecular weight is 353 g/mol. The summed E-state index contributed by atoms with van der Waals surface area (Å²) in [6.45, 7) is 0. The molecule has 1 aliphatic carbocycles. The molecule has 0 amide bonds. The van der Waals surface area contributed by atoms with E-state index in [0.717, 1.165) is 40.6 Å². The number of nitrogens with zero attached hydrogens (tertiary/aromatic N) is 2. The third-order valence-corrected chi connectivity index (χ3v) is 6.22. The van der Waals surface area contributed by atoms with Crippen LogP contribution < -0.4 is 5.84 Å². The van der Waals surface area contributed by atoms with Crippen molar-refractivity contribution in [3.05, 3.63) is 57.4 Å². The van der Waals surface area contributed by atoms with Crippen LogP contribution in [0.4, 0.5) is 0 Å². The molecule has 0 saturated heterocycles. The van der Waals surface area contributed by atoms with Crippen LogP contribution in [0.1, 0.15) is 32.9 Å². The quantitative estimate of drug-likeness (QED) is 0.579. The first-order valence-electron chi connectivity index (χ1n) is 8.68. The van der Waals surface area contributed by atoms with Crippen LogP contribution >= 0.6 is 11.3 Å². The molecule has 1 unspecified atom stereocenters. The van der Waals surface area contributed by atoms with E-state index >= 15 is 0 Å². The molecule has 2 N–H and O–H groups in total. The topological polar surface area (TPSA) is 51.3 Å². The molecular weight excluding hydrogens is 330 g/mol. The number of ketones is 1. The number of Topliss-reactive ketones (excluding diaryl/α,β-unsaturated/α-hetero) is 1. The van der Waals surface area contributed by atoms with E-state index in [1.807, 2.05) is 40.4 Å². The molecule has 1 atom stereocenters. The van der Waals surface area contributed by atoms with Gasteiger partial charge in [-0.2, -0.15) is 0 Å². The van der Waals surface area contributed by atoms with Crippen molar-refractivity contribution in [2.45, 2.75) is 31.7 Å². The van der Waals surface area contributed by atoms with Gasteiger partial charge in [-0.15, -0.1) is 11.3 Å². The van der Waals surface area contributed by atoms with E-state index in [0.29, 0.717) is 12.5 Å². The molecule has 0 fully saturated rings. The van der Waals surface area contributed by atoms with Crippen molar-refractivity contribution in [2.75, 3.05) is 19.9 Å². The minimum Gasteiger partial charge on any atom is -0.339 e. The van der Waals surface area contributed by atoms with Crippen LogP contribution in [0, 0.1) is 0 Å². The maximum Gasteiger partial charge on any atom is 0.168 e. The van der Waals surface area contributed by atoms with Crippen LogP contribution in [0.3, 0.4) is 0 Å². The van der Waals surface area contributed by atoms with Crippen molar-refractivity contribution in [2.24, 2.45) is 0 Å². The minimum absolute atomic E-state index is 0.169. The highest BCUT2D eigenvalue weighted by Gasteiger charge is 2.26. The number of nitrogen functional groups attached to an aromatic ring is 1. The molecule has 0 bridgehead atoms. The molecule has 1 aromatic carbocycles. The number of benzene rings is 1. The number of aromatic nitrogens is 1. The van der Waals surface area contributed by atoms with Crippen LogP contribution in [0.15, 0.2) is 35.7 Å². The number of carbonyl (C=O) groups excluding carboxylic acids is 1. The second kappa shape index (κ2) is 6.32. The van der Waals surface area contributed by atoms with E-state index in [9.17, 15) is 4.79 Å². The summed E-state index contributed by atoms with van der Waals surface area (Å²) in [5.74, 6) is 6.51. The van der Waals surface area contributed by atoms with Gasteiger partial charge in [-0.05, 0) is 68.6 Å². The highest BCUT2D eigenvalue weighted by Crippen LogP contribution is 2.32.